The van der Waals surface area contributed by atoms with E-state index in [0.717, 1.165) is 22.7 Å². The monoisotopic (exact) mass is 420 g/mol. The SMILES string of the molecule is C[C@H](C(=O)Nc1ccccc1C(F)(F)F)N(c1cccc(Cl)c1)S(C)(=O)=O. The standard InChI is InChI=1S/C17H16ClF3N2O3S/c1-11(23(27(2,25)26)13-7-5-6-12(18)10-13)16(24)22-15-9-4-3-8-14(15)17(19,20)21/h3-11H,1-2H3,(H,22,24)/t11-/m1/s1. The lowest BCUT2D eigenvalue weighted by molar-refractivity contribution is -0.137. The fourth-order valence-electron chi connectivity index (χ4n) is 2.50. The third-order valence-electron chi connectivity index (χ3n) is 3.64. The number of anilines is 2. The predicted molar refractivity (Wildman–Crippen MR) is 98.3 cm³/mol. The lowest BCUT2D eigenvalue weighted by Gasteiger charge is -2.28. The van der Waals surface area contributed by atoms with Crippen molar-refractivity contribution < 1.29 is 26.4 Å². The van der Waals surface area contributed by atoms with Gasteiger partial charge < -0.3 is 5.32 Å². The van der Waals surface area contributed by atoms with Crippen LogP contribution in [0.15, 0.2) is 48.5 Å². The van der Waals surface area contributed by atoms with Gasteiger partial charge in [0.1, 0.15) is 6.04 Å². The minimum Gasteiger partial charge on any atom is -0.324 e. The van der Waals surface area contributed by atoms with Crippen molar-refractivity contribution in [1.29, 1.82) is 0 Å². The topological polar surface area (TPSA) is 66.5 Å². The van der Waals surface area contributed by atoms with Crippen LogP contribution in [0.4, 0.5) is 24.5 Å². The smallest absolute Gasteiger partial charge is 0.324 e. The summed E-state index contributed by atoms with van der Waals surface area (Å²) < 4.78 is 64.4. The van der Waals surface area contributed by atoms with Crippen LogP contribution in [-0.4, -0.2) is 26.6 Å². The lowest BCUT2D eigenvalue weighted by atomic mass is 10.1. The second-order valence-corrected chi connectivity index (χ2v) is 8.04. The van der Waals surface area contributed by atoms with Crippen molar-refractivity contribution >= 4 is 38.9 Å². The number of alkyl halides is 3. The minimum absolute atomic E-state index is 0.122. The van der Waals surface area contributed by atoms with Gasteiger partial charge in [0.05, 0.1) is 23.2 Å². The summed E-state index contributed by atoms with van der Waals surface area (Å²) in [6, 6.07) is 8.92. The Kier molecular flexibility index (Phi) is 6.06. The van der Waals surface area contributed by atoms with Gasteiger partial charge in [0.15, 0.2) is 0 Å². The summed E-state index contributed by atoms with van der Waals surface area (Å²) >= 11 is 5.88. The number of hydrogen-bond donors (Lipinski definition) is 1. The molecule has 1 N–H and O–H groups in total. The van der Waals surface area contributed by atoms with E-state index in [1.165, 1.54) is 43.3 Å². The molecular weight excluding hydrogens is 405 g/mol. The molecule has 0 aliphatic carbocycles. The van der Waals surface area contributed by atoms with E-state index in [4.69, 9.17) is 11.6 Å². The van der Waals surface area contributed by atoms with Crippen LogP contribution in [-0.2, 0) is 21.0 Å². The summed E-state index contributed by atoms with van der Waals surface area (Å²) in [5, 5.41) is 2.40. The fraction of sp³-hybridized carbons (Fsp3) is 0.235. The Bertz CT molecular complexity index is 948. The van der Waals surface area contributed by atoms with Crippen molar-refractivity contribution in [2.45, 2.75) is 19.1 Å². The average Bonchev–Trinajstić information content (AvgIpc) is 2.53. The van der Waals surface area contributed by atoms with E-state index in [1.807, 2.05) is 0 Å². The first-order valence-corrected chi connectivity index (χ1v) is 9.86. The quantitative estimate of drug-likeness (QED) is 0.790. The number of nitrogens with zero attached hydrogens (tertiary/aromatic N) is 1. The molecule has 2 rings (SSSR count). The van der Waals surface area contributed by atoms with Crippen molar-refractivity contribution in [3.63, 3.8) is 0 Å². The molecule has 1 amide bonds. The summed E-state index contributed by atoms with van der Waals surface area (Å²) in [5.74, 6) is -0.919. The van der Waals surface area contributed by atoms with Gasteiger partial charge in [-0.15, -0.1) is 0 Å². The Balaban J connectivity index is 2.38. The van der Waals surface area contributed by atoms with E-state index in [2.05, 4.69) is 5.32 Å². The van der Waals surface area contributed by atoms with Crippen LogP contribution >= 0.6 is 11.6 Å². The number of para-hydroxylation sites is 1. The van der Waals surface area contributed by atoms with Crippen LogP contribution < -0.4 is 9.62 Å². The highest BCUT2D eigenvalue weighted by atomic mass is 35.5. The number of sulfonamides is 1. The van der Waals surface area contributed by atoms with E-state index in [-0.39, 0.29) is 10.7 Å². The third kappa shape index (κ3) is 5.14. The van der Waals surface area contributed by atoms with Crippen molar-refractivity contribution in [3.05, 3.63) is 59.1 Å². The number of nitrogens with one attached hydrogen (secondary N) is 1. The van der Waals surface area contributed by atoms with E-state index in [1.54, 1.807) is 0 Å². The Morgan fingerprint density at radius 2 is 1.78 bits per heavy atom. The lowest BCUT2D eigenvalue weighted by Crippen LogP contribution is -2.45. The van der Waals surface area contributed by atoms with E-state index in [9.17, 15) is 26.4 Å². The van der Waals surface area contributed by atoms with Gasteiger partial charge in [-0.05, 0) is 37.3 Å². The van der Waals surface area contributed by atoms with Crippen molar-refractivity contribution in [2.24, 2.45) is 0 Å². The molecule has 0 fully saturated rings. The molecule has 0 aromatic heterocycles. The van der Waals surface area contributed by atoms with Crippen LogP contribution in [0, 0.1) is 0 Å². The first kappa shape index (κ1) is 21.0. The van der Waals surface area contributed by atoms with Gasteiger partial charge in [0.2, 0.25) is 15.9 Å². The molecule has 5 nitrogen and oxygen atoms in total. The number of halogens is 4. The second kappa shape index (κ2) is 7.77. The molecule has 1 atom stereocenters. The van der Waals surface area contributed by atoms with Crippen molar-refractivity contribution in [1.82, 2.24) is 0 Å². The fourth-order valence-corrected chi connectivity index (χ4v) is 3.85. The molecular formula is C17H16ClF3N2O3S. The van der Waals surface area contributed by atoms with E-state index < -0.39 is 39.4 Å². The first-order valence-electron chi connectivity index (χ1n) is 7.63. The molecule has 0 radical (unpaired) electrons. The molecule has 0 saturated heterocycles. The van der Waals surface area contributed by atoms with Gasteiger partial charge in [0.25, 0.3) is 0 Å². The molecule has 2 aromatic rings. The zero-order valence-corrected chi connectivity index (χ0v) is 15.9. The highest BCUT2D eigenvalue weighted by molar-refractivity contribution is 7.92. The largest absolute Gasteiger partial charge is 0.418 e. The average molecular weight is 421 g/mol. The van der Waals surface area contributed by atoms with Crippen LogP contribution in [0.2, 0.25) is 5.02 Å². The first-order chi connectivity index (χ1) is 12.4. The maximum atomic E-state index is 13.1. The molecule has 0 unspecified atom stereocenters. The Morgan fingerprint density at radius 3 is 2.33 bits per heavy atom. The predicted octanol–water partition coefficient (Wildman–Crippen LogP) is 4.15. The molecule has 0 heterocycles. The summed E-state index contributed by atoms with van der Waals surface area (Å²) in [7, 11) is -3.92. The summed E-state index contributed by atoms with van der Waals surface area (Å²) in [6.07, 6.45) is -3.78. The van der Waals surface area contributed by atoms with Gasteiger partial charge in [-0.25, -0.2) is 8.42 Å². The number of benzene rings is 2. The van der Waals surface area contributed by atoms with Crippen molar-refractivity contribution in [2.75, 3.05) is 15.9 Å². The van der Waals surface area contributed by atoms with E-state index >= 15 is 0 Å². The maximum Gasteiger partial charge on any atom is 0.418 e. The molecule has 0 aliphatic heterocycles. The molecule has 146 valence electrons. The van der Waals surface area contributed by atoms with Gasteiger partial charge in [-0.1, -0.05) is 29.8 Å². The summed E-state index contributed by atoms with van der Waals surface area (Å²) in [6.45, 7) is 1.27. The minimum atomic E-state index is -4.67. The molecule has 0 spiro atoms. The number of amides is 1. The molecule has 0 aliphatic rings. The number of carbonyl (C=O) groups excluding carboxylic acids is 1. The third-order valence-corrected chi connectivity index (χ3v) is 5.12. The van der Waals surface area contributed by atoms with Crippen molar-refractivity contribution in [3.8, 4) is 0 Å². The van der Waals surface area contributed by atoms with Gasteiger partial charge in [0, 0.05) is 5.02 Å². The van der Waals surface area contributed by atoms with Gasteiger partial charge in [-0.3, -0.25) is 9.10 Å². The zero-order chi connectivity index (χ0) is 20.4. The van der Waals surface area contributed by atoms with Gasteiger partial charge >= 0.3 is 6.18 Å². The summed E-state index contributed by atoms with van der Waals surface area (Å²) in [5.41, 5.74) is -1.36. The molecule has 0 saturated carbocycles. The molecule has 2 aromatic carbocycles. The number of rotatable bonds is 5. The van der Waals surface area contributed by atoms with Crippen LogP contribution in [0.1, 0.15) is 12.5 Å². The van der Waals surface area contributed by atoms with Crippen LogP contribution in [0.3, 0.4) is 0 Å². The summed E-state index contributed by atoms with van der Waals surface area (Å²) in [4.78, 5) is 12.5. The zero-order valence-electron chi connectivity index (χ0n) is 14.3. The Labute approximate surface area is 159 Å². The maximum absolute atomic E-state index is 13.1. The number of hydrogen-bond acceptors (Lipinski definition) is 3. The molecule has 0 bridgehead atoms. The Hall–Kier alpha value is -2.26. The molecule has 27 heavy (non-hydrogen) atoms. The van der Waals surface area contributed by atoms with Crippen LogP contribution in [0.25, 0.3) is 0 Å². The molecule has 10 heteroatoms. The second-order valence-electron chi connectivity index (χ2n) is 5.75. The highest BCUT2D eigenvalue weighted by Crippen LogP contribution is 2.35. The Morgan fingerprint density at radius 1 is 1.15 bits per heavy atom. The van der Waals surface area contributed by atoms with E-state index in [0.29, 0.717) is 0 Å². The normalized spacial score (nSPS) is 13.1. The van der Waals surface area contributed by atoms with Gasteiger partial charge in [-0.2, -0.15) is 13.2 Å². The van der Waals surface area contributed by atoms with Crippen LogP contribution in [0.5, 0.6) is 0 Å². The highest BCUT2D eigenvalue weighted by Gasteiger charge is 2.35. The number of carbonyl (C=O) groups is 1.